The zero-order chi connectivity index (χ0) is 17.8. The van der Waals surface area contributed by atoms with Gasteiger partial charge in [0.25, 0.3) is 5.56 Å². The molecule has 2 N–H and O–H groups in total. The fourth-order valence-electron chi connectivity index (χ4n) is 2.90. The predicted octanol–water partition coefficient (Wildman–Crippen LogP) is 2.93. The van der Waals surface area contributed by atoms with Crippen LogP contribution in [0.4, 0.5) is 0 Å². The van der Waals surface area contributed by atoms with Crippen LogP contribution in [0.2, 0.25) is 5.02 Å². The number of ether oxygens (including phenoxy) is 1. The Balaban J connectivity index is 1.84. The molecule has 2 heterocycles. The number of esters is 1. The number of nitrogens with zero attached hydrogens (tertiary/aromatic N) is 2. The second kappa shape index (κ2) is 7.65. The molecular weight excluding hydrogens is 346 g/mol. The summed E-state index contributed by atoms with van der Waals surface area (Å²) in [4.78, 5) is 34.6. The van der Waals surface area contributed by atoms with Crippen LogP contribution in [0.5, 0.6) is 5.75 Å². The van der Waals surface area contributed by atoms with Gasteiger partial charge in [-0.15, -0.1) is 0 Å². The van der Waals surface area contributed by atoms with Gasteiger partial charge < -0.3 is 14.8 Å². The standard InChI is InChI=1S/C17H18ClN3O4/c18-11-7-4-8-19-12(11)15-20-13(14(22)16(23)21-15)17(24)25-9-10-5-2-1-3-6-10/h4,7-8,10,22H,1-3,5-6,9H2,(H,20,21,23). The minimum absolute atomic E-state index is 0.00184. The molecule has 0 radical (unpaired) electrons. The highest BCUT2D eigenvalue weighted by molar-refractivity contribution is 6.32. The maximum absolute atomic E-state index is 12.3. The van der Waals surface area contributed by atoms with Crippen LogP contribution >= 0.6 is 11.6 Å². The van der Waals surface area contributed by atoms with Crippen molar-refractivity contribution in [1.82, 2.24) is 15.0 Å². The van der Waals surface area contributed by atoms with Crippen LogP contribution in [0, 0.1) is 5.92 Å². The van der Waals surface area contributed by atoms with E-state index in [0.717, 1.165) is 25.7 Å². The molecule has 0 aromatic carbocycles. The minimum atomic E-state index is -0.851. The number of hydrogen-bond acceptors (Lipinski definition) is 6. The van der Waals surface area contributed by atoms with Crippen LogP contribution in [0.25, 0.3) is 11.5 Å². The summed E-state index contributed by atoms with van der Waals surface area (Å²) >= 11 is 6.04. The van der Waals surface area contributed by atoms with Crippen molar-refractivity contribution < 1.29 is 14.6 Å². The van der Waals surface area contributed by atoms with Gasteiger partial charge >= 0.3 is 5.97 Å². The molecule has 2 aromatic heterocycles. The number of nitrogens with one attached hydrogen (secondary N) is 1. The summed E-state index contributed by atoms with van der Waals surface area (Å²) < 4.78 is 5.26. The molecule has 7 nitrogen and oxygen atoms in total. The van der Waals surface area contributed by atoms with Crippen molar-refractivity contribution in [2.24, 2.45) is 5.92 Å². The first kappa shape index (κ1) is 17.4. The molecule has 0 unspecified atom stereocenters. The first-order valence-electron chi connectivity index (χ1n) is 8.17. The zero-order valence-electron chi connectivity index (χ0n) is 13.5. The molecule has 0 aliphatic heterocycles. The maximum Gasteiger partial charge on any atom is 0.361 e. The zero-order valence-corrected chi connectivity index (χ0v) is 14.3. The summed E-state index contributed by atoms with van der Waals surface area (Å²) in [6, 6.07) is 3.21. The molecule has 8 heteroatoms. The van der Waals surface area contributed by atoms with Crippen molar-refractivity contribution in [2.45, 2.75) is 32.1 Å². The average molecular weight is 364 g/mol. The lowest BCUT2D eigenvalue weighted by Crippen LogP contribution is -2.20. The minimum Gasteiger partial charge on any atom is -0.501 e. The summed E-state index contributed by atoms with van der Waals surface area (Å²) in [6.07, 6.45) is 6.95. The van der Waals surface area contributed by atoms with E-state index in [4.69, 9.17) is 16.3 Å². The second-order valence-electron chi connectivity index (χ2n) is 6.05. The van der Waals surface area contributed by atoms with Gasteiger partial charge in [-0.3, -0.25) is 9.78 Å². The Labute approximate surface area is 149 Å². The van der Waals surface area contributed by atoms with Crippen molar-refractivity contribution in [1.29, 1.82) is 0 Å². The van der Waals surface area contributed by atoms with E-state index in [1.165, 1.54) is 12.6 Å². The van der Waals surface area contributed by atoms with Crippen molar-refractivity contribution in [3.05, 3.63) is 39.4 Å². The molecule has 1 saturated carbocycles. The number of pyridine rings is 1. The third-order valence-corrected chi connectivity index (χ3v) is 4.55. The highest BCUT2D eigenvalue weighted by Gasteiger charge is 2.23. The molecule has 0 amide bonds. The first-order valence-corrected chi connectivity index (χ1v) is 8.55. The second-order valence-corrected chi connectivity index (χ2v) is 6.46. The van der Waals surface area contributed by atoms with Crippen LogP contribution in [0.15, 0.2) is 23.1 Å². The van der Waals surface area contributed by atoms with Crippen molar-refractivity contribution in [3.63, 3.8) is 0 Å². The highest BCUT2D eigenvalue weighted by atomic mass is 35.5. The largest absolute Gasteiger partial charge is 0.501 e. The number of aromatic amines is 1. The fourth-order valence-corrected chi connectivity index (χ4v) is 3.11. The van der Waals surface area contributed by atoms with E-state index in [-0.39, 0.29) is 23.1 Å². The highest BCUT2D eigenvalue weighted by Crippen LogP contribution is 2.25. The maximum atomic E-state index is 12.3. The number of carbonyl (C=O) groups excluding carboxylic acids is 1. The third-order valence-electron chi connectivity index (χ3n) is 4.25. The third kappa shape index (κ3) is 3.99. The van der Waals surface area contributed by atoms with Crippen LogP contribution < -0.4 is 5.56 Å². The molecule has 25 heavy (non-hydrogen) atoms. The van der Waals surface area contributed by atoms with Crippen molar-refractivity contribution in [2.75, 3.05) is 6.61 Å². The van der Waals surface area contributed by atoms with Crippen LogP contribution in [-0.4, -0.2) is 32.6 Å². The summed E-state index contributed by atoms with van der Waals surface area (Å²) in [5.41, 5.74) is -1.07. The lowest BCUT2D eigenvalue weighted by molar-refractivity contribution is 0.0399. The fraction of sp³-hybridized carbons (Fsp3) is 0.412. The Hall–Kier alpha value is -2.41. The Morgan fingerprint density at radius 1 is 1.36 bits per heavy atom. The molecule has 1 fully saturated rings. The van der Waals surface area contributed by atoms with Gasteiger partial charge in [-0.05, 0) is 30.9 Å². The Morgan fingerprint density at radius 3 is 2.84 bits per heavy atom. The van der Waals surface area contributed by atoms with E-state index in [9.17, 15) is 14.7 Å². The molecule has 3 rings (SSSR count). The summed E-state index contributed by atoms with van der Waals surface area (Å²) in [5, 5.41) is 10.1. The van der Waals surface area contributed by atoms with Gasteiger partial charge in [0.15, 0.2) is 11.5 Å². The van der Waals surface area contributed by atoms with Crippen LogP contribution in [-0.2, 0) is 4.74 Å². The van der Waals surface area contributed by atoms with Gasteiger partial charge in [0, 0.05) is 6.20 Å². The van der Waals surface area contributed by atoms with E-state index in [2.05, 4.69) is 15.0 Å². The van der Waals surface area contributed by atoms with E-state index >= 15 is 0 Å². The normalized spacial score (nSPS) is 15.1. The topological polar surface area (TPSA) is 105 Å². The monoisotopic (exact) mass is 363 g/mol. The molecule has 0 saturated heterocycles. The Bertz CT molecular complexity index is 831. The van der Waals surface area contributed by atoms with E-state index in [1.54, 1.807) is 12.1 Å². The SMILES string of the molecule is O=C(OCC1CCCCC1)c1nc(-c2ncccc2Cl)[nH]c(=O)c1O. The van der Waals surface area contributed by atoms with Gasteiger partial charge in [-0.25, -0.2) is 9.78 Å². The number of H-pyrrole nitrogens is 1. The Morgan fingerprint density at radius 2 is 2.12 bits per heavy atom. The smallest absolute Gasteiger partial charge is 0.361 e. The molecule has 1 aliphatic carbocycles. The molecule has 0 spiro atoms. The van der Waals surface area contributed by atoms with Crippen LogP contribution in [0.3, 0.4) is 0 Å². The summed E-state index contributed by atoms with van der Waals surface area (Å²) in [6.45, 7) is 0.256. The van der Waals surface area contributed by atoms with E-state index < -0.39 is 23.0 Å². The quantitative estimate of drug-likeness (QED) is 0.809. The number of hydrogen-bond donors (Lipinski definition) is 2. The predicted molar refractivity (Wildman–Crippen MR) is 91.6 cm³/mol. The van der Waals surface area contributed by atoms with Gasteiger partial charge in [0.2, 0.25) is 5.75 Å². The van der Waals surface area contributed by atoms with E-state index in [1.807, 2.05) is 0 Å². The lowest BCUT2D eigenvalue weighted by atomic mass is 9.90. The lowest BCUT2D eigenvalue weighted by Gasteiger charge is -2.20. The average Bonchev–Trinajstić information content (AvgIpc) is 2.63. The van der Waals surface area contributed by atoms with Crippen LogP contribution in [0.1, 0.15) is 42.6 Å². The van der Waals surface area contributed by atoms with Crippen molar-refractivity contribution in [3.8, 4) is 17.3 Å². The molecule has 1 aliphatic rings. The van der Waals surface area contributed by atoms with Gasteiger partial charge in [-0.1, -0.05) is 30.9 Å². The number of aromatic nitrogens is 3. The summed E-state index contributed by atoms with van der Waals surface area (Å²) in [7, 11) is 0. The number of halogens is 1. The summed E-state index contributed by atoms with van der Waals surface area (Å²) in [5.74, 6) is -1.29. The van der Waals surface area contributed by atoms with Crippen molar-refractivity contribution >= 4 is 17.6 Å². The number of carbonyl (C=O) groups is 1. The van der Waals surface area contributed by atoms with Gasteiger partial charge in [0.1, 0.15) is 5.69 Å². The Kier molecular flexibility index (Phi) is 5.33. The molecule has 2 aromatic rings. The van der Waals surface area contributed by atoms with Gasteiger partial charge in [0.05, 0.1) is 11.6 Å². The van der Waals surface area contributed by atoms with Gasteiger partial charge in [-0.2, -0.15) is 0 Å². The molecule has 132 valence electrons. The van der Waals surface area contributed by atoms with E-state index in [0.29, 0.717) is 5.92 Å². The number of rotatable bonds is 4. The molecule has 0 atom stereocenters. The molecular formula is C17H18ClN3O4. The number of aromatic hydroxyl groups is 1. The first-order chi connectivity index (χ1) is 12.1. The molecule has 0 bridgehead atoms.